The number of benzene rings is 1. The Bertz CT molecular complexity index is 409. The average Bonchev–Trinajstić information content (AvgIpc) is 2.58. The Morgan fingerprint density at radius 2 is 2.06 bits per heavy atom. The second-order valence-electron chi connectivity index (χ2n) is 6.60. The highest BCUT2D eigenvalue weighted by Gasteiger charge is 2.35. The van der Waals surface area contributed by atoms with E-state index in [1.54, 1.807) is 0 Å². The third-order valence-electron chi connectivity index (χ3n) is 3.98. The molecule has 0 aliphatic carbocycles. The van der Waals surface area contributed by atoms with Crippen LogP contribution in [-0.2, 0) is 0 Å². The fraction of sp³-hybridized carbons (Fsp3) is 0.625. The number of nitrogens with zero attached hydrogens (tertiary/aromatic N) is 1. The highest BCUT2D eigenvalue weighted by Crippen LogP contribution is 2.35. The fourth-order valence-corrected chi connectivity index (χ4v) is 3.09. The Kier molecular flexibility index (Phi) is 3.79. The van der Waals surface area contributed by atoms with Crippen LogP contribution in [0.4, 0.5) is 0 Å². The van der Waals surface area contributed by atoms with Crippen molar-refractivity contribution in [2.24, 2.45) is 11.1 Å². The Hall–Kier alpha value is -0.860. The van der Waals surface area contributed by atoms with Crippen LogP contribution < -0.4 is 5.73 Å². The van der Waals surface area contributed by atoms with Gasteiger partial charge in [0.15, 0.2) is 0 Å². The van der Waals surface area contributed by atoms with Gasteiger partial charge in [-0.05, 0) is 37.8 Å². The third kappa shape index (κ3) is 2.93. The van der Waals surface area contributed by atoms with E-state index in [0.29, 0.717) is 11.5 Å². The molecule has 0 aromatic heterocycles. The molecule has 2 unspecified atom stereocenters. The Labute approximate surface area is 111 Å². The normalized spacial score (nSPS) is 22.9. The van der Waals surface area contributed by atoms with Gasteiger partial charge in [-0.1, -0.05) is 43.7 Å². The lowest BCUT2D eigenvalue weighted by Gasteiger charge is -2.32. The van der Waals surface area contributed by atoms with Crippen LogP contribution in [0, 0.1) is 12.3 Å². The van der Waals surface area contributed by atoms with Gasteiger partial charge in [-0.3, -0.25) is 4.90 Å². The molecule has 1 aliphatic rings. The van der Waals surface area contributed by atoms with Crippen molar-refractivity contribution in [2.75, 3.05) is 13.1 Å². The van der Waals surface area contributed by atoms with Gasteiger partial charge in [0.2, 0.25) is 0 Å². The van der Waals surface area contributed by atoms with Crippen LogP contribution in [0.5, 0.6) is 0 Å². The number of likely N-dealkylation sites (tertiary alicyclic amines) is 1. The predicted molar refractivity (Wildman–Crippen MR) is 77.5 cm³/mol. The first-order chi connectivity index (χ1) is 8.39. The molecule has 1 aliphatic heterocycles. The lowest BCUT2D eigenvalue weighted by atomic mass is 9.92. The van der Waals surface area contributed by atoms with Gasteiger partial charge in [-0.15, -0.1) is 0 Å². The van der Waals surface area contributed by atoms with Gasteiger partial charge >= 0.3 is 0 Å². The van der Waals surface area contributed by atoms with Gasteiger partial charge in [0.25, 0.3) is 0 Å². The van der Waals surface area contributed by atoms with Gasteiger partial charge in [-0.2, -0.15) is 0 Å². The molecule has 1 heterocycles. The Morgan fingerprint density at radius 1 is 1.33 bits per heavy atom. The van der Waals surface area contributed by atoms with Crippen LogP contribution in [0.15, 0.2) is 24.3 Å². The summed E-state index contributed by atoms with van der Waals surface area (Å²) >= 11 is 0. The smallest absolute Gasteiger partial charge is 0.0496 e. The summed E-state index contributed by atoms with van der Waals surface area (Å²) in [5, 5.41) is 0. The highest BCUT2D eigenvalue weighted by molar-refractivity contribution is 5.26. The van der Waals surface area contributed by atoms with Crippen LogP contribution in [-0.4, -0.2) is 24.0 Å². The van der Waals surface area contributed by atoms with E-state index in [2.05, 4.69) is 56.9 Å². The van der Waals surface area contributed by atoms with Crippen molar-refractivity contribution in [3.63, 3.8) is 0 Å². The van der Waals surface area contributed by atoms with Crippen LogP contribution >= 0.6 is 0 Å². The molecule has 2 heteroatoms. The zero-order valence-electron chi connectivity index (χ0n) is 12.1. The van der Waals surface area contributed by atoms with Gasteiger partial charge in [0, 0.05) is 18.6 Å². The largest absolute Gasteiger partial charge is 0.326 e. The summed E-state index contributed by atoms with van der Waals surface area (Å²) in [6.07, 6.45) is 1.27. The van der Waals surface area contributed by atoms with Crippen LogP contribution in [0.2, 0.25) is 0 Å². The first-order valence-electron chi connectivity index (χ1n) is 6.95. The molecule has 100 valence electrons. The lowest BCUT2D eigenvalue weighted by Crippen LogP contribution is -2.39. The molecular formula is C16H26N2. The first kappa shape index (κ1) is 13.6. The molecule has 0 spiro atoms. The van der Waals surface area contributed by atoms with Crippen molar-refractivity contribution in [2.45, 2.75) is 46.2 Å². The molecule has 1 aromatic carbocycles. The quantitative estimate of drug-likeness (QED) is 0.888. The molecule has 0 saturated carbocycles. The molecule has 2 N–H and O–H groups in total. The maximum absolute atomic E-state index is 6.25. The Balaban J connectivity index is 2.24. The van der Waals surface area contributed by atoms with Gasteiger partial charge in [0.05, 0.1) is 0 Å². The van der Waals surface area contributed by atoms with E-state index >= 15 is 0 Å². The zero-order valence-corrected chi connectivity index (χ0v) is 12.1. The molecule has 0 bridgehead atoms. The minimum absolute atomic E-state index is 0.167. The summed E-state index contributed by atoms with van der Waals surface area (Å²) < 4.78 is 0. The highest BCUT2D eigenvalue weighted by atomic mass is 15.2. The van der Waals surface area contributed by atoms with Crippen molar-refractivity contribution in [1.82, 2.24) is 4.90 Å². The molecule has 2 atom stereocenters. The third-order valence-corrected chi connectivity index (χ3v) is 3.98. The van der Waals surface area contributed by atoms with Crippen molar-refractivity contribution >= 4 is 0 Å². The maximum atomic E-state index is 6.25. The van der Waals surface area contributed by atoms with Crippen molar-refractivity contribution in [1.29, 1.82) is 0 Å². The van der Waals surface area contributed by atoms with E-state index < -0.39 is 0 Å². The number of aryl methyl sites for hydroxylation is 1. The van der Waals surface area contributed by atoms with E-state index in [0.717, 1.165) is 13.1 Å². The predicted octanol–water partition coefficient (Wildman–Crippen LogP) is 3.12. The summed E-state index contributed by atoms with van der Waals surface area (Å²) in [5.41, 5.74) is 9.35. The number of rotatable bonds is 3. The van der Waals surface area contributed by atoms with E-state index in [-0.39, 0.29) is 6.04 Å². The molecule has 18 heavy (non-hydrogen) atoms. The molecule has 0 radical (unpaired) electrons. The second-order valence-corrected chi connectivity index (χ2v) is 6.60. The summed E-state index contributed by atoms with van der Waals surface area (Å²) in [6.45, 7) is 11.3. The second kappa shape index (κ2) is 5.02. The SMILES string of the molecule is Cc1cccc(C(C(C)N)N2CCC(C)(C)C2)c1. The summed E-state index contributed by atoms with van der Waals surface area (Å²) in [5.74, 6) is 0. The van der Waals surface area contributed by atoms with Crippen LogP contribution in [0.3, 0.4) is 0 Å². The van der Waals surface area contributed by atoms with Gasteiger partial charge < -0.3 is 5.73 Å². The maximum Gasteiger partial charge on any atom is 0.0496 e. The van der Waals surface area contributed by atoms with Gasteiger partial charge in [-0.25, -0.2) is 0 Å². The standard InChI is InChI=1S/C16H26N2/c1-12-6-5-7-14(10-12)15(13(2)17)18-9-8-16(3,4)11-18/h5-7,10,13,15H,8-9,11,17H2,1-4H3. The van der Waals surface area contributed by atoms with E-state index in [9.17, 15) is 0 Å². The van der Waals surface area contributed by atoms with Crippen molar-refractivity contribution < 1.29 is 0 Å². The topological polar surface area (TPSA) is 29.3 Å². The first-order valence-corrected chi connectivity index (χ1v) is 6.95. The summed E-state index contributed by atoms with van der Waals surface area (Å²) in [7, 11) is 0. The van der Waals surface area contributed by atoms with Crippen molar-refractivity contribution in [3.05, 3.63) is 35.4 Å². The minimum atomic E-state index is 0.167. The number of hydrogen-bond donors (Lipinski definition) is 1. The number of nitrogens with two attached hydrogens (primary N) is 1. The van der Waals surface area contributed by atoms with E-state index in [4.69, 9.17) is 5.73 Å². The van der Waals surface area contributed by atoms with E-state index in [1.165, 1.54) is 17.5 Å². The average molecular weight is 246 g/mol. The number of hydrogen-bond acceptors (Lipinski definition) is 2. The lowest BCUT2D eigenvalue weighted by molar-refractivity contribution is 0.197. The zero-order chi connectivity index (χ0) is 13.3. The van der Waals surface area contributed by atoms with E-state index in [1.807, 2.05) is 0 Å². The molecular weight excluding hydrogens is 220 g/mol. The van der Waals surface area contributed by atoms with Crippen LogP contribution in [0.25, 0.3) is 0 Å². The molecule has 1 fully saturated rings. The minimum Gasteiger partial charge on any atom is -0.326 e. The molecule has 1 saturated heterocycles. The fourth-order valence-electron chi connectivity index (χ4n) is 3.09. The summed E-state index contributed by atoms with van der Waals surface area (Å²) in [4.78, 5) is 2.55. The Morgan fingerprint density at radius 3 is 2.56 bits per heavy atom. The van der Waals surface area contributed by atoms with Gasteiger partial charge in [0.1, 0.15) is 0 Å². The molecule has 2 nitrogen and oxygen atoms in total. The molecule has 0 amide bonds. The van der Waals surface area contributed by atoms with Crippen molar-refractivity contribution in [3.8, 4) is 0 Å². The molecule has 1 aromatic rings. The monoisotopic (exact) mass is 246 g/mol. The van der Waals surface area contributed by atoms with Crippen LogP contribution in [0.1, 0.15) is 44.4 Å². The summed E-state index contributed by atoms with van der Waals surface area (Å²) in [6, 6.07) is 9.30. The molecule has 2 rings (SSSR count).